The van der Waals surface area contributed by atoms with E-state index in [1.54, 1.807) is 30.9 Å². The van der Waals surface area contributed by atoms with E-state index < -0.39 is 0 Å². The molecule has 0 spiro atoms. The van der Waals surface area contributed by atoms with E-state index in [1.165, 1.54) is 0 Å². The Balaban J connectivity index is 2.07. The first-order valence-electron chi connectivity index (χ1n) is 4.87. The summed E-state index contributed by atoms with van der Waals surface area (Å²) < 4.78 is 5.61. The molecular formula is C11H10BrN3O2. The summed E-state index contributed by atoms with van der Waals surface area (Å²) in [6.07, 6.45) is 4.67. The normalized spacial score (nSPS) is 10.2. The summed E-state index contributed by atoms with van der Waals surface area (Å²) in [7, 11) is 0. The number of carbonyl (C=O) groups is 1. The molecule has 0 saturated carbocycles. The second-order valence-electron chi connectivity index (χ2n) is 3.40. The molecule has 0 unspecified atom stereocenters. The second kappa shape index (κ2) is 5.01. The molecule has 0 aliphatic heterocycles. The number of aromatic nitrogens is 1. The molecular weight excluding hydrogens is 286 g/mol. The Hall–Kier alpha value is -1.82. The average molecular weight is 296 g/mol. The number of carbonyl (C=O) groups excluding carboxylic acids is 1. The molecule has 0 fully saturated rings. The van der Waals surface area contributed by atoms with Crippen LogP contribution < -0.4 is 11.1 Å². The van der Waals surface area contributed by atoms with Crippen molar-refractivity contribution < 1.29 is 9.21 Å². The van der Waals surface area contributed by atoms with Crippen molar-refractivity contribution in [1.82, 2.24) is 10.3 Å². The summed E-state index contributed by atoms with van der Waals surface area (Å²) in [5, 5.41) is 2.73. The number of nitrogens with one attached hydrogen (secondary N) is 1. The number of hydrogen-bond donors (Lipinski definition) is 2. The van der Waals surface area contributed by atoms with Crippen LogP contribution in [0.25, 0.3) is 0 Å². The fourth-order valence-corrected chi connectivity index (χ4v) is 1.63. The molecule has 1 amide bonds. The second-order valence-corrected chi connectivity index (χ2v) is 4.32. The van der Waals surface area contributed by atoms with Crippen molar-refractivity contribution >= 4 is 27.7 Å². The molecule has 0 aromatic carbocycles. The zero-order valence-electron chi connectivity index (χ0n) is 8.81. The summed E-state index contributed by atoms with van der Waals surface area (Å²) in [4.78, 5) is 15.7. The molecule has 0 bridgehead atoms. The number of nitrogen functional groups attached to an aromatic ring is 1. The van der Waals surface area contributed by atoms with E-state index in [2.05, 4.69) is 26.2 Å². The molecule has 5 nitrogen and oxygen atoms in total. The maximum atomic E-state index is 11.8. The lowest BCUT2D eigenvalue weighted by Gasteiger charge is -2.06. The average Bonchev–Trinajstić information content (AvgIpc) is 2.82. The van der Waals surface area contributed by atoms with Crippen molar-refractivity contribution in [3.8, 4) is 0 Å². The van der Waals surface area contributed by atoms with Gasteiger partial charge in [-0.15, -0.1) is 0 Å². The molecule has 2 rings (SSSR count). The van der Waals surface area contributed by atoms with Crippen LogP contribution in [0.3, 0.4) is 0 Å². The molecule has 0 aliphatic carbocycles. The van der Waals surface area contributed by atoms with E-state index in [4.69, 9.17) is 10.2 Å². The van der Waals surface area contributed by atoms with E-state index >= 15 is 0 Å². The van der Waals surface area contributed by atoms with Crippen LogP contribution in [-0.2, 0) is 6.54 Å². The Labute approximate surface area is 106 Å². The summed E-state index contributed by atoms with van der Waals surface area (Å²) in [5.41, 5.74) is 6.87. The van der Waals surface area contributed by atoms with Crippen LogP contribution in [0.5, 0.6) is 0 Å². The van der Waals surface area contributed by atoms with Gasteiger partial charge in [0.2, 0.25) is 0 Å². The number of rotatable bonds is 3. The van der Waals surface area contributed by atoms with Gasteiger partial charge in [-0.3, -0.25) is 4.79 Å². The van der Waals surface area contributed by atoms with Crippen molar-refractivity contribution in [3.63, 3.8) is 0 Å². The van der Waals surface area contributed by atoms with E-state index in [9.17, 15) is 4.79 Å². The summed E-state index contributed by atoms with van der Waals surface area (Å²) in [5.74, 6) is -0.0598. The highest BCUT2D eigenvalue weighted by Gasteiger charge is 2.11. The van der Waals surface area contributed by atoms with Gasteiger partial charge in [-0.1, -0.05) is 0 Å². The van der Waals surface area contributed by atoms with E-state index in [-0.39, 0.29) is 11.7 Å². The zero-order chi connectivity index (χ0) is 12.3. The number of nitrogens with two attached hydrogens (primary N) is 1. The van der Waals surface area contributed by atoms with Crippen molar-refractivity contribution in [2.24, 2.45) is 0 Å². The van der Waals surface area contributed by atoms with Crippen molar-refractivity contribution in [3.05, 3.63) is 46.5 Å². The molecule has 2 aromatic heterocycles. The van der Waals surface area contributed by atoms with Gasteiger partial charge in [-0.05, 0) is 28.1 Å². The Morgan fingerprint density at radius 1 is 1.59 bits per heavy atom. The van der Waals surface area contributed by atoms with Crippen LogP contribution in [0.1, 0.15) is 15.9 Å². The number of pyridine rings is 1. The Bertz CT molecular complexity index is 526. The standard InChI is InChI=1S/C11H10BrN3O2/c12-8-3-9(10(13)14-5-8)11(16)15-4-7-1-2-17-6-7/h1-3,5-6H,4H2,(H2,13,14)(H,15,16). The summed E-state index contributed by atoms with van der Waals surface area (Å²) >= 11 is 3.24. The minimum Gasteiger partial charge on any atom is -0.472 e. The Morgan fingerprint density at radius 3 is 3.12 bits per heavy atom. The number of hydrogen-bond acceptors (Lipinski definition) is 4. The Morgan fingerprint density at radius 2 is 2.41 bits per heavy atom. The quantitative estimate of drug-likeness (QED) is 0.907. The number of anilines is 1. The van der Waals surface area contributed by atoms with Crippen molar-refractivity contribution in [2.75, 3.05) is 5.73 Å². The summed E-state index contributed by atoms with van der Waals surface area (Å²) in [6, 6.07) is 3.41. The van der Waals surface area contributed by atoms with E-state index in [1.807, 2.05) is 0 Å². The van der Waals surface area contributed by atoms with Crippen LogP contribution in [0.15, 0.2) is 39.7 Å². The third kappa shape index (κ3) is 2.85. The third-order valence-corrected chi connectivity index (χ3v) is 2.60. The largest absolute Gasteiger partial charge is 0.472 e. The topological polar surface area (TPSA) is 81.1 Å². The van der Waals surface area contributed by atoms with Gasteiger partial charge in [0.15, 0.2) is 0 Å². The van der Waals surface area contributed by atoms with Gasteiger partial charge >= 0.3 is 0 Å². The van der Waals surface area contributed by atoms with Crippen LogP contribution in [-0.4, -0.2) is 10.9 Å². The number of halogens is 1. The van der Waals surface area contributed by atoms with Crippen LogP contribution >= 0.6 is 15.9 Å². The molecule has 3 N–H and O–H groups in total. The lowest BCUT2D eigenvalue weighted by atomic mass is 10.2. The van der Waals surface area contributed by atoms with Gasteiger partial charge in [0.1, 0.15) is 5.82 Å². The smallest absolute Gasteiger partial charge is 0.255 e. The van der Waals surface area contributed by atoms with E-state index in [0.29, 0.717) is 16.6 Å². The molecule has 0 radical (unpaired) electrons. The SMILES string of the molecule is Nc1ncc(Br)cc1C(=O)NCc1ccoc1. The molecule has 6 heteroatoms. The molecule has 0 atom stereocenters. The van der Waals surface area contributed by atoms with Crippen LogP contribution in [0.2, 0.25) is 0 Å². The highest BCUT2D eigenvalue weighted by molar-refractivity contribution is 9.10. The molecule has 17 heavy (non-hydrogen) atoms. The fraction of sp³-hybridized carbons (Fsp3) is 0.0909. The first-order valence-corrected chi connectivity index (χ1v) is 5.66. The van der Waals surface area contributed by atoms with Gasteiger partial charge in [-0.25, -0.2) is 4.98 Å². The molecule has 2 heterocycles. The first-order chi connectivity index (χ1) is 8.16. The minimum absolute atomic E-state index is 0.206. The zero-order valence-corrected chi connectivity index (χ0v) is 10.4. The minimum atomic E-state index is -0.266. The molecule has 88 valence electrons. The van der Waals surface area contributed by atoms with Crippen LogP contribution in [0.4, 0.5) is 5.82 Å². The highest BCUT2D eigenvalue weighted by Crippen LogP contribution is 2.15. The lowest BCUT2D eigenvalue weighted by molar-refractivity contribution is 0.0951. The van der Waals surface area contributed by atoms with Gasteiger partial charge in [-0.2, -0.15) is 0 Å². The molecule has 0 aliphatic rings. The van der Waals surface area contributed by atoms with Crippen molar-refractivity contribution in [2.45, 2.75) is 6.54 Å². The molecule has 0 saturated heterocycles. The number of nitrogens with zero attached hydrogens (tertiary/aromatic N) is 1. The summed E-state index contributed by atoms with van der Waals surface area (Å²) in [6.45, 7) is 0.390. The van der Waals surface area contributed by atoms with E-state index in [0.717, 1.165) is 5.56 Å². The maximum Gasteiger partial charge on any atom is 0.255 e. The number of furan rings is 1. The van der Waals surface area contributed by atoms with Gasteiger partial charge in [0, 0.05) is 22.8 Å². The van der Waals surface area contributed by atoms with Gasteiger partial charge in [0.25, 0.3) is 5.91 Å². The first kappa shape index (κ1) is 11.7. The van der Waals surface area contributed by atoms with Gasteiger partial charge in [0.05, 0.1) is 18.1 Å². The highest BCUT2D eigenvalue weighted by atomic mass is 79.9. The molecule has 2 aromatic rings. The van der Waals surface area contributed by atoms with Crippen molar-refractivity contribution in [1.29, 1.82) is 0 Å². The number of amides is 1. The van der Waals surface area contributed by atoms with Crippen LogP contribution in [0, 0.1) is 0 Å². The van der Waals surface area contributed by atoms with Gasteiger partial charge < -0.3 is 15.5 Å². The predicted octanol–water partition coefficient (Wildman–Crippen LogP) is 1.95. The predicted molar refractivity (Wildman–Crippen MR) is 66.2 cm³/mol. The monoisotopic (exact) mass is 295 g/mol. The lowest BCUT2D eigenvalue weighted by Crippen LogP contribution is -2.24. The Kier molecular flexibility index (Phi) is 3.43. The maximum absolute atomic E-state index is 11.8. The fourth-order valence-electron chi connectivity index (χ4n) is 1.30. The third-order valence-electron chi connectivity index (χ3n) is 2.16.